The number of rotatable bonds is 3. The molecule has 126 valence electrons. The number of benzene rings is 3. The molecule has 0 N–H and O–H groups in total. The molecule has 1 nitrogen and oxygen atoms in total. The van der Waals surface area contributed by atoms with Crippen molar-refractivity contribution in [2.45, 2.75) is 19.3 Å². The molecule has 3 aromatic rings. The van der Waals surface area contributed by atoms with Gasteiger partial charge in [0.05, 0.1) is 5.41 Å². The molecule has 2 aliphatic carbocycles. The fourth-order valence-corrected chi connectivity index (χ4v) is 4.61. The van der Waals surface area contributed by atoms with E-state index in [0.717, 1.165) is 24.8 Å². The molecule has 1 heteroatoms. The average molecular weight is 336 g/mol. The predicted octanol–water partition coefficient (Wildman–Crippen LogP) is 5.29. The summed E-state index contributed by atoms with van der Waals surface area (Å²) < 4.78 is 0. The van der Waals surface area contributed by atoms with Gasteiger partial charge < -0.3 is 0 Å². The van der Waals surface area contributed by atoms with Crippen LogP contribution in [0.15, 0.2) is 84.4 Å². The third-order valence-corrected chi connectivity index (χ3v) is 5.92. The van der Waals surface area contributed by atoms with Crippen molar-refractivity contribution >= 4 is 11.9 Å². The smallest absolute Gasteiger partial charge is 0.174 e. The van der Waals surface area contributed by atoms with E-state index in [0.29, 0.717) is 0 Å². The van der Waals surface area contributed by atoms with Crippen molar-refractivity contribution in [1.29, 1.82) is 0 Å². The number of hydrogen-bond donors (Lipinski definition) is 0. The molecule has 5 rings (SSSR count). The van der Waals surface area contributed by atoms with Crippen LogP contribution in [0.2, 0.25) is 0 Å². The molecule has 3 aromatic carbocycles. The van der Waals surface area contributed by atoms with Crippen molar-refractivity contribution in [3.63, 3.8) is 0 Å². The summed E-state index contributed by atoms with van der Waals surface area (Å²) in [6.45, 7) is 0. The highest BCUT2D eigenvalue weighted by Crippen LogP contribution is 2.48. The molecule has 0 amide bonds. The van der Waals surface area contributed by atoms with Crippen molar-refractivity contribution in [1.82, 2.24) is 0 Å². The maximum atomic E-state index is 13.6. The summed E-state index contributed by atoms with van der Waals surface area (Å²) in [5, 5.41) is 0. The zero-order chi connectivity index (χ0) is 17.6. The Bertz CT molecular complexity index is 1030. The first kappa shape index (κ1) is 15.3. The minimum Gasteiger partial charge on any atom is -0.293 e. The molecular weight excluding hydrogens is 316 g/mol. The fraction of sp³-hybridized carbons (Fsp3) is 0.160. The first-order chi connectivity index (χ1) is 12.8. The van der Waals surface area contributed by atoms with E-state index in [1.165, 1.54) is 27.8 Å². The number of allylic oxidation sites excluding steroid dienone is 1. The third kappa shape index (κ3) is 2.28. The minimum atomic E-state index is -0.454. The SMILES string of the molecule is O=C1c2ccccc2C[C@]1(Cc1ccccc1)C1=Cc2ccccc2C1. The maximum Gasteiger partial charge on any atom is 0.174 e. The van der Waals surface area contributed by atoms with Gasteiger partial charge in [0.1, 0.15) is 0 Å². The predicted molar refractivity (Wildman–Crippen MR) is 105 cm³/mol. The highest BCUT2D eigenvalue weighted by atomic mass is 16.1. The van der Waals surface area contributed by atoms with Crippen LogP contribution in [0.25, 0.3) is 6.08 Å². The molecule has 0 aliphatic heterocycles. The molecule has 2 aliphatic rings. The molecule has 26 heavy (non-hydrogen) atoms. The lowest BCUT2D eigenvalue weighted by Gasteiger charge is -2.29. The first-order valence-corrected chi connectivity index (χ1v) is 9.22. The number of ketones is 1. The molecule has 1 atom stereocenters. The lowest BCUT2D eigenvalue weighted by molar-refractivity contribution is 0.0861. The van der Waals surface area contributed by atoms with Gasteiger partial charge in [-0.2, -0.15) is 0 Å². The van der Waals surface area contributed by atoms with Crippen molar-refractivity contribution in [2.24, 2.45) is 5.41 Å². The Kier molecular flexibility index (Phi) is 3.43. The number of hydrogen-bond acceptors (Lipinski definition) is 1. The van der Waals surface area contributed by atoms with Crippen LogP contribution in [0, 0.1) is 5.41 Å². The summed E-state index contributed by atoms with van der Waals surface area (Å²) in [7, 11) is 0. The summed E-state index contributed by atoms with van der Waals surface area (Å²) in [6.07, 6.45) is 4.71. The number of Topliss-reactive ketones (excluding diaryl/α,β-unsaturated/α-hetero) is 1. The summed E-state index contributed by atoms with van der Waals surface area (Å²) in [5.41, 5.74) is 6.72. The van der Waals surface area contributed by atoms with Crippen molar-refractivity contribution in [2.75, 3.05) is 0 Å². The zero-order valence-corrected chi connectivity index (χ0v) is 14.6. The number of carbonyl (C=O) groups is 1. The highest BCUT2D eigenvalue weighted by molar-refractivity contribution is 6.08. The molecule has 0 unspecified atom stereocenters. The molecule has 0 heterocycles. The van der Waals surface area contributed by atoms with Crippen molar-refractivity contribution < 1.29 is 4.79 Å². The minimum absolute atomic E-state index is 0.288. The molecule has 0 aromatic heterocycles. The van der Waals surface area contributed by atoms with Gasteiger partial charge in [0.15, 0.2) is 5.78 Å². The van der Waals surface area contributed by atoms with Gasteiger partial charge in [0.25, 0.3) is 0 Å². The average Bonchev–Trinajstić information content (AvgIpc) is 3.23. The van der Waals surface area contributed by atoms with E-state index in [1.807, 2.05) is 24.3 Å². The molecule has 0 saturated carbocycles. The van der Waals surface area contributed by atoms with Gasteiger partial charge in [-0.25, -0.2) is 0 Å². The Balaban J connectivity index is 1.63. The van der Waals surface area contributed by atoms with Gasteiger partial charge in [0.2, 0.25) is 0 Å². The van der Waals surface area contributed by atoms with Crippen LogP contribution in [0.1, 0.15) is 32.6 Å². The Labute approximate surface area is 154 Å². The van der Waals surface area contributed by atoms with Gasteiger partial charge in [-0.15, -0.1) is 0 Å². The molecular formula is C25H20O. The standard InChI is InChI=1S/C25H20O/c26-24-23-13-7-6-12-21(23)17-25(24,16-18-8-2-1-3-9-18)22-14-19-10-4-5-11-20(19)15-22/h1-14H,15-17H2/t25-/m1/s1. The lowest BCUT2D eigenvalue weighted by atomic mass is 9.71. The van der Waals surface area contributed by atoms with E-state index in [4.69, 9.17) is 0 Å². The Hall–Kier alpha value is -2.93. The third-order valence-electron chi connectivity index (χ3n) is 5.92. The maximum absolute atomic E-state index is 13.6. The quantitative estimate of drug-likeness (QED) is 0.635. The highest BCUT2D eigenvalue weighted by Gasteiger charge is 2.48. The Morgan fingerprint density at radius 3 is 2.23 bits per heavy atom. The molecule has 0 spiro atoms. The van der Waals surface area contributed by atoms with Crippen LogP contribution in [0.5, 0.6) is 0 Å². The normalized spacial score (nSPS) is 20.6. The molecule has 0 bridgehead atoms. The first-order valence-electron chi connectivity index (χ1n) is 9.22. The van der Waals surface area contributed by atoms with Crippen LogP contribution in [-0.4, -0.2) is 5.78 Å². The zero-order valence-electron chi connectivity index (χ0n) is 14.6. The van der Waals surface area contributed by atoms with Gasteiger partial charge in [0, 0.05) is 5.56 Å². The second-order valence-electron chi connectivity index (χ2n) is 7.45. The Morgan fingerprint density at radius 1 is 0.769 bits per heavy atom. The second kappa shape index (κ2) is 5.81. The van der Waals surface area contributed by atoms with Crippen LogP contribution < -0.4 is 0 Å². The molecule has 0 radical (unpaired) electrons. The molecule has 0 saturated heterocycles. The van der Waals surface area contributed by atoms with Crippen LogP contribution in [-0.2, 0) is 19.3 Å². The van der Waals surface area contributed by atoms with E-state index < -0.39 is 5.41 Å². The van der Waals surface area contributed by atoms with E-state index in [-0.39, 0.29) is 5.78 Å². The van der Waals surface area contributed by atoms with E-state index in [2.05, 4.69) is 60.7 Å². The van der Waals surface area contributed by atoms with Crippen molar-refractivity contribution in [3.8, 4) is 0 Å². The topological polar surface area (TPSA) is 17.1 Å². The monoisotopic (exact) mass is 336 g/mol. The van der Waals surface area contributed by atoms with Crippen molar-refractivity contribution in [3.05, 3.63) is 112 Å². The van der Waals surface area contributed by atoms with Gasteiger partial charge in [-0.3, -0.25) is 4.79 Å². The van der Waals surface area contributed by atoms with Crippen LogP contribution in [0.3, 0.4) is 0 Å². The summed E-state index contributed by atoms with van der Waals surface area (Å²) >= 11 is 0. The van der Waals surface area contributed by atoms with Gasteiger partial charge >= 0.3 is 0 Å². The molecule has 0 fully saturated rings. The number of fused-ring (bicyclic) bond motifs is 2. The largest absolute Gasteiger partial charge is 0.293 e. The van der Waals surface area contributed by atoms with E-state index >= 15 is 0 Å². The summed E-state index contributed by atoms with van der Waals surface area (Å²) in [5.74, 6) is 0.288. The number of carbonyl (C=O) groups excluding carboxylic acids is 1. The van der Waals surface area contributed by atoms with Gasteiger partial charge in [-0.1, -0.05) is 90.5 Å². The lowest BCUT2D eigenvalue weighted by Crippen LogP contribution is -2.33. The summed E-state index contributed by atoms with van der Waals surface area (Å²) in [6, 6.07) is 27.1. The second-order valence-corrected chi connectivity index (χ2v) is 7.45. The van der Waals surface area contributed by atoms with Crippen LogP contribution >= 0.6 is 0 Å². The van der Waals surface area contributed by atoms with Gasteiger partial charge in [-0.05, 0) is 41.5 Å². The Morgan fingerprint density at radius 2 is 1.46 bits per heavy atom. The van der Waals surface area contributed by atoms with Crippen LogP contribution in [0.4, 0.5) is 0 Å². The summed E-state index contributed by atoms with van der Waals surface area (Å²) in [4.78, 5) is 13.6. The van der Waals surface area contributed by atoms with E-state index in [9.17, 15) is 4.79 Å². The van der Waals surface area contributed by atoms with E-state index in [1.54, 1.807) is 0 Å². The fourth-order valence-electron chi connectivity index (χ4n) is 4.61.